The number of carbonyl (C=O) groups excluding carboxylic acids is 2. The topological polar surface area (TPSA) is 81.6 Å². The van der Waals surface area contributed by atoms with E-state index in [1.807, 2.05) is 48.5 Å². The standard InChI is InChI=1S/C30H31N3O4S2/c1-5-30(3)26-24(19(2)38-22-10-14-31-15-11-22)28(34)33(26)25(27(30)39-23-12-16-32-17-13-23)29(35)37-18-20-6-8-21(36-4)9-7-20/h6-17,19,24,26H,5,18H2,1-4H3/t19?,24-,26+,30?/m1/s1. The average Bonchev–Trinajstić information content (AvgIpc) is 3.18. The van der Waals surface area contributed by atoms with Gasteiger partial charge in [0, 0.05) is 50.1 Å². The molecule has 202 valence electrons. The van der Waals surface area contributed by atoms with E-state index < -0.39 is 11.4 Å². The summed E-state index contributed by atoms with van der Waals surface area (Å²) in [6.45, 7) is 6.49. The molecule has 0 bridgehead atoms. The Balaban J connectivity index is 1.45. The molecular weight excluding hydrogens is 530 g/mol. The molecule has 0 aliphatic carbocycles. The first kappa shape index (κ1) is 27.3. The van der Waals surface area contributed by atoms with Gasteiger partial charge >= 0.3 is 5.97 Å². The molecule has 0 radical (unpaired) electrons. The van der Waals surface area contributed by atoms with Crippen molar-refractivity contribution in [1.29, 1.82) is 0 Å². The van der Waals surface area contributed by atoms with Crippen LogP contribution in [0.15, 0.2) is 93.7 Å². The van der Waals surface area contributed by atoms with E-state index in [9.17, 15) is 9.59 Å². The molecule has 3 aromatic rings. The number of pyridine rings is 2. The molecule has 2 aromatic heterocycles. The molecule has 1 aromatic carbocycles. The zero-order valence-electron chi connectivity index (χ0n) is 22.4. The van der Waals surface area contributed by atoms with E-state index in [1.54, 1.807) is 48.6 Å². The zero-order chi connectivity index (χ0) is 27.6. The lowest BCUT2D eigenvalue weighted by Gasteiger charge is -2.51. The summed E-state index contributed by atoms with van der Waals surface area (Å²) in [5.74, 6) is -0.00793. The van der Waals surface area contributed by atoms with Crippen molar-refractivity contribution in [3.8, 4) is 5.75 Å². The molecule has 39 heavy (non-hydrogen) atoms. The number of fused-ring (bicyclic) bond motifs is 1. The zero-order valence-corrected chi connectivity index (χ0v) is 24.0. The van der Waals surface area contributed by atoms with E-state index in [0.717, 1.165) is 32.4 Å². The summed E-state index contributed by atoms with van der Waals surface area (Å²) in [4.78, 5) is 40.3. The molecule has 2 aliphatic rings. The van der Waals surface area contributed by atoms with E-state index in [2.05, 4.69) is 30.7 Å². The normalized spacial score (nSPS) is 22.8. The number of nitrogens with zero attached hydrogens (tertiary/aromatic N) is 3. The summed E-state index contributed by atoms with van der Waals surface area (Å²) in [5, 5.41) is 0.0221. The summed E-state index contributed by atoms with van der Waals surface area (Å²) in [7, 11) is 1.61. The van der Waals surface area contributed by atoms with Gasteiger partial charge in [-0.1, -0.05) is 44.7 Å². The molecule has 0 N–H and O–H groups in total. The number of ether oxygens (including phenoxy) is 2. The predicted molar refractivity (Wildman–Crippen MR) is 152 cm³/mol. The van der Waals surface area contributed by atoms with E-state index in [0.29, 0.717) is 5.70 Å². The number of thioether (sulfide) groups is 2. The fraction of sp³-hybridized carbons (Fsp3) is 0.333. The molecular formula is C30H31N3O4S2. The largest absolute Gasteiger partial charge is 0.497 e. The van der Waals surface area contributed by atoms with Crippen LogP contribution in [-0.4, -0.2) is 45.1 Å². The second-order valence-corrected chi connectivity index (χ2v) is 12.4. The number of rotatable bonds is 10. The number of carbonyl (C=O) groups is 2. The maximum atomic E-state index is 13.8. The van der Waals surface area contributed by atoms with Crippen LogP contribution < -0.4 is 4.74 Å². The summed E-state index contributed by atoms with van der Waals surface area (Å²) >= 11 is 3.20. The lowest BCUT2D eigenvalue weighted by molar-refractivity contribution is -0.160. The molecule has 2 unspecified atom stereocenters. The van der Waals surface area contributed by atoms with Crippen LogP contribution in [0, 0.1) is 11.3 Å². The number of amides is 1. The molecule has 2 aliphatic heterocycles. The molecule has 4 heterocycles. The van der Waals surface area contributed by atoms with E-state index in [-0.39, 0.29) is 29.7 Å². The quantitative estimate of drug-likeness (QED) is 0.170. The van der Waals surface area contributed by atoms with Crippen LogP contribution in [0.2, 0.25) is 0 Å². The third kappa shape index (κ3) is 5.17. The Hall–Kier alpha value is -3.30. The maximum absolute atomic E-state index is 13.8. The van der Waals surface area contributed by atoms with Gasteiger partial charge in [0.1, 0.15) is 18.1 Å². The lowest BCUT2D eigenvalue weighted by atomic mass is 9.69. The summed E-state index contributed by atoms with van der Waals surface area (Å²) in [6, 6.07) is 15.0. The Morgan fingerprint density at radius 2 is 1.64 bits per heavy atom. The second-order valence-electron chi connectivity index (χ2n) is 9.84. The first-order valence-corrected chi connectivity index (χ1v) is 14.6. The Kier molecular flexibility index (Phi) is 8.00. The molecule has 0 spiro atoms. The van der Waals surface area contributed by atoms with E-state index in [1.165, 1.54) is 11.8 Å². The van der Waals surface area contributed by atoms with Crippen molar-refractivity contribution in [1.82, 2.24) is 14.9 Å². The predicted octanol–water partition coefficient (Wildman–Crippen LogP) is 5.97. The van der Waals surface area contributed by atoms with Crippen LogP contribution in [0.1, 0.15) is 32.8 Å². The number of benzene rings is 1. The minimum absolute atomic E-state index is 0.0221. The SMILES string of the molecule is CCC1(C)C(Sc2ccncc2)=C(C(=O)OCc2ccc(OC)cc2)N2C(=O)[C@H](C(C)Sc3ccncc3)[C@H]21. The number of hydrogen-bond acceptors (Lipinski definition) is 8. The van der Waals surface area contributed by atoms with Crippen molar-refractivity contribution >= 4 is 35.4 Å². The summed E-state index contributed by atoms with van der Waals surface area (Å²) in [5.41, 5.74) is 0.798. The van der Waals surface area contributed by atoms with Crippen LogP contribution in [0.5, 0.6) is 5.75 Å². The maximum Gasteiger partial charge on any atom is 0.356 e. The summed E-state index contributed by atoms with van der Waals surface area (Å²) < 4.78 is 11.0. The van der Waals surface area contributed by atoms with Crippen molar-refractivity contribution in [2.45, 2.75) is 54.9 Å². The monoisotopic (exact) mass is 561 g/mol. The third-order valence-corrected chi connectivity index (χ3v) is 10.2. The van der Waals surface area contributed by atoms with Crippen LogP contribution >= 0.6 is 23.5 Å². The second kappa shape index (κ2) is 11.4. The number of hydrogen-bond donors (Lipinski definition) is 0. The molecule has 5 rings (SSSR count). The number of esters is 1. The fourth-order valence-electron chi connectivity index (χ4n) is 5.31. The van der Waals surface area contributed by atoms with E-state index in [4.69, 9.17) is 9.47 Å². The van der Waals surface area contributed by atoms with E-state index >= 15 is 0 Å². The van der Waals surface area contributed by atoms with Gasteiger partial charge in [0.2, 0.25) is 5.91 Å². The number of β-lactam (4-membered cyclic amide) rings is 1. The average molecular weight is 562 g/mol. The minimum Gasteiger partial charge on any atom is -0.497 e. The summed E-state index contributed by atoms with van der Waals surface area (Å²) in [6.07, 6.45) is 7.76. The molecule has 0 saturated carbocycles. The van der Waals surface area contributed by atoms with Crippen LogP contribution in [0.4, 0.5) is 0 Å². The highest BCUT2D eigenvalue weighted by Crippen LogP contribution is 2.61. The van der Waals surface area contributed by atoms with Gasteiger partial charge in [-0.2, -0.15) is 0 Å². The van der Waals surface area contributed by atoms with Gasteiger partial charge in [0.05, 0.1) is 19.1 Å². The smallest absolute Gasteiger partial charge is 0.356 e. The Morgan fingerprint density at radius 3 is 2.23 bits per heavy atom. The highest BCUT2D eigenvalue weighted by atomic mass is 32.2. The van der Waals surface area contributed by atoms with Crippen molar-refractivity contribution in [2.75, 3.05) is 7.11 Å². The number of aromatic nitrogens is 2. The Morgan fingerprint density at radius 1 is 1.03 bits per heavy atom. The van der Waals surface area contributed by atoms with Gasteiger partial charge in [0.15, 0.2) is 0 Å². The highest BCUT2D eigenvalue weighted by molar-refractivity contribution is 8.03. The third-order valence-electron chi connectivity index (χ3n) is 7.57. The fourth-order valence-corrected chi connectivity index (χ4v) is 7.70. The van der Waals surface area contributed by atoms with Gasteiger partial charge in [0.25, 0.3) is 0 Å². The van der Waals surface area contributed by atoms with Crippen LogP contribution in [-0.2, 0) is 20.9 Å². The Bertz CT molecular complexity index is 1370. The van der Waals surface area contributed by atoms with Gasteiger partial charge in [-0.25, -0.2) is 4.79 Å². The van der Waals surface area contributed by atoms with Gasteiger partial charge in [-0.05, 0) is 48.4 Å². The van der Waals surface area contributed by atoms with Gasteiger partial charge in [-0.15, -0.1) is 11.8 Å². The molecule has 1 saturated heterocycles. The van der Waals surface area contributed by atoms with Gasteiger partial charge < -0.3 is 14.4 Å². The lowest BCUT2D eigenvalue weighted by Crippen LogP contribution is -2.65. The molecule has 9 heteroatoms. The van der Waals surface area contributed by atoms with Crippen LogP contribution in [0.25, 0.3) is 0 Å². The number of methoxy groups -OCH3 is 1. The van der Waals surface area contributed by atoms with Crippen molar-refractivity contribution in [3.63, 3.8) is 0 Å². The molecule has 7 nitrogen and oxygen atoms in total. The first-order chi connectivity index (χ1) is 18.9. The van der Waals surface area contributed by atoms with Crippen molar-refractivity contribution in [2.24, 2.45) is 11.3 Å². The van der Waals surface area contributed by atoms with Crippen LogP contribution in [0.3, 0.4) is 0 Å². The molecule has 1 fully saturated rings. The van der Waals surface area contributed by atoms with Crippen molar-refractivity contribution in [3.05, 3.63) is 89.5 Å². The first-order valence-electron chi connectivity index (χ1n) is 12.9. The Labute approximate surface area is 237 Å². The van der Waals surface area contributed by atoms with Gasteiger partial charge in [-0.3, -0.25) is 14.8 Å². The highest BCUT2D eigenvalue weighted by Gasteiger charge is 2.65. The van der Waals surface area contributed by atoms with Crippen molar-refractivity contribution < 1.29 is 19.1 Å². The molecule has 4 atom stereocenters. The molecule has 1 amide bonds. The minimum atomic E-state index is -0.481.